The minimum atomic E-state index is -0.494. The lowest BCUT2D eigenvalue weighted by Crippen LogP contribution is -2.40. The highest BCUT2D eigenvalue weighted by atomic mass is 32.2. The van der Waals surface area contributed by atoms with E-state index in [1.165, 1.54) is 97.0 Å². The molecule has 2 heterocycles. The van der Waals surface area contributed by atoms with Crippen LogP contribution in [0.15, 0.2) is 18.3 Å². The molecule has 0 radical (unpaired) electrons. The summed E-state index contributed by atoms with van der Waals surface area (Å²) in [5, 5.41) is 5.60. The third-order valence-corrected chi connectivity index (χ3v) is 9.09. The van der Waals surface area contributed by atoms with Gasteiger partial charge in [0.05, 0.1) is 24.1 Å². The van der Waals surface area contributed by atoms with Crippen LogP contribution in [0.2, 0.25) is 0 Å². The highest BCUT2D eigenvalue weighted by molar-refractivity contribution is 8.01. The first kappa shape index (κ1) is 33.2. The van der Waals surface area contributed by atoms with E-state index < -0.39 is 6.09 Å². The molecule has 0 aliphatic carbocycles. The smallest absolute Gasteiger partial charge is 0.407 e. The Labute approximate surface area is 241 Å². The summed E-state index contributed by atoms with van der Waals surface area (Å²) < 4.78 is 9.98. The molecule has 0 spiro atoms. The van der Waals surface area contributed by atoms with Crippen LogP contribution in [0.25, 0.3) is 0 Å². The van der Waals surface area contributed by atoms with Crippen molar-refractivity contribution in [1.82, 2.24) is 15.6 Å². The van der Waals surface area contributed by atoms with Gasteiger partial charge in [0.1, 0.15) is 6.61 Å². The van der Waals surface area contributed by atoms with Crippen LogP contribution in [0, 0.1) is 0 Å². The van der Waals surface area contributed by atoms with E-state index in [0.717, 1.165) is 36.3 Å². The predicted octanol–water partition coefficient (Wildman–Crippen LogP) is 8.26. The lowest BCUT2D eigenvalue weighted by atomic mass is 9.93. The Bertz CT molecular complexity index is 804. The van der Waals surface area contributed by atoms with Crippen molar-refractivity contribution in [3.8, 4) is 0 Å². The average Bonchev–Trinajstić information content (AvgIpc) is 2.93. The van der Waals surface area contributed by atoms with Crippen LogP contribution in [0.3, 0.4) is 0 Å². The van der Waals surface area contributed by atoms with Crippen LogP contribution in [-0.4, -0.2) is 43.2 Å². The molecule has 222 valence electrons. The largest absolute Gasteiger partial charge is 0.453 e. The number of amides is 2. The lowest BCUT2D eigenvalue weighted by molar-refractivity contribution is 0.130. The molecule has 8 heteroatoms. The fraction of sp³-hybridized carbons (Fsp3) is 0.774. The Balaban J connectivity index is 1.48. The Morgan fingerprint density at radius 2 is 1.44 bits per heavy atom. The molecule has 0 aromatic carbocycles. The van der Waals surface area contributed by atoms with Crippen molar-refractivity contribution in [3.05, 3.63) is 29.6 Å². The minimum Gasteiger partial charge on any atom is -0.453 e. The van der Waals surface area contributed by atoms with Gasteiger partial charge in [-0.25, -0.2) is 9.59 Å². The van der Waals surface area contributed by atoms with Crippen LogP contribution in [-0.2, 0) is 20.8 Å². The number of nitrogens with one attached hydrogen (secondary N) is 2. The molecular formula is C31H53N3O4S. The number of nitrogens with zero attached hydrogens (tertiary/aromatic N) is 1. The standard InChI is InChI=1S/C31H53N3O4S/c1-3-4-5-6-7-8-9-10-11-12-13-14-15-16-17-18-22-33-30(36)38-26-31(21-24-39-31)27-20-19-23-32-28(27)25-34-29(35)37-2/h19-20,23H,3-18,21-22,24-26H2,1-2H3,(H,33,36)(H,34,35). The SMILES string of the molecule is CCCCCCCCCCCCCCCCCCNC(=O)OCC1(c2cccnc2CNC(=O)OC)CCS1. The number of thioether (sulfide) groups is 1. The maximum atomic E-state index is 12.3. The number of hydrogen-bond acceptors (Lipinski definition) is 6. The highest BCUT2D eigenvalue weighted by Gasteiger charge is 2.43. The van der Waals surface area contributed by atoms with Gasteiger partial charge in [-0.2, -0.15) is 0 Å². The van der Waals surface area contributed by atoms with Gasteiger partial charge < -0.3 is 20.1 Å². The average molecular weight is 564 g/mol. The van der Waals surface area contributed by atoms with Crippen molar-refractivity contribution < 1.29 is 19.1 Å². The molecule has 1 unspecified atom stereocenters. The first-order valence-corrected chi connectivity index (χ1v) is 16.4. The number of hydrogen-bond donors (Lipinski definition) is 2. The van der Waals surface area contributed by atoms with Crippen molar-refractivity contribution in [3.63, 3.8) is 0 Å². The Kier molecular flexibility index (Phi) is 17.8. The normalized spacial score (nSPS) is 16.4. The van der Waals surface area contributed by atoms with Gasteiger partial charge in [-0.3, -0.25) is 4.98 Å². The van der Waals surface area contributed by atoms with Gasteiger partial charge in [0.25, 0.3) is 0 Å². The number of pyridine rings is 1. The van der Waals surface area contributed by atoms with Gasteiger partial charge in [-0.05, 0) is 30.2 Å². The number of ether oxygens (including phenoxy) is 2. The molecule has 1 fully saturated rings. The first-order chi connectivity index (χ1) is 19.1. The third-order valence-electron chi connectivity index (χ3n) is 7.59. The number of rotatable bonds is 22. The highest BCUT2D eigenvalue weighted by Crippen LogP contribution is 2.50. The van der Waals surface area contributed by atoms with E-state index in [2.05, 4.69) is 27.3 Å². The second kappa shape index (κ2) is 20.9. The summed E-state index contributed by atoms with van der Waals surface area (Å²) in [5.41, 5.74) is 1.77. The molecule has 0 saturated carbocycles. The molecule has 1 aliphatic heterocycles. The van der Waals surface area contributed by atoms with Gasteiger partial charge in [-0.15, -0.1) is 11.8 Å². The Morgan fingerprint density at radius 3 is 1.95 bits per heavy atom. The molecule has 7 nitrogen and oxygen atoms in total. The maximum absolute atomic E-state index is 12.3. The quantitative estimate of drug-likeness (QED) is 0.138. The fourth-order valence-corrected chi connectivity index (χ4v) is 6.25. The first-order valence-electron chi connectivity index (χ1n) is 15.4. The Hall–Kier alpha value is -1.96. The number of carbonyl (C=O) groups excluding carboxylic acids is 2. The summed E-state index contributed by atoms with van der Waals surface area (Å²) in [6, 6.07) is 3.89. The van der Waals surface area contributed by atoms with Crippen molar-refractivity contribution in [1.29, 1.82) is 0 Å². The molecule has 1 atom stereocenters. The summed E-state index contributed by atoms with van der Waals surface area (Å²) >= 11 is 1.76. The monoisotopic (exact) mass is 563 g/mol. The van der Waals surface area contributed by atoms with E-state index in [0.29, 0.717) is 13.2 Å². The van der Waals surface area contributed by atoms with Gasteiger partial charge in [0, 0.05) is 12.7 Å². The summed E-state index contributed by atoms with van der Waals surface area (Å²) in [6.45, 7) is 3.49. The number of carbonyl (C=O) groups is 2. The molecule has 1 saturated heterocycles. The minimum absolute atomic E-state index is 0.274. The van der Waals surface area contributed by atoms with Crippen LogP contribution >= 0.6 is 11.8 Å². The summed E-state index contributed by atoms with van der Waals surface area (Å²) in [4.78, 5) is 28.3. The summed E-state index contributed by atoms with van der Waals surface area (Å²) in [6.07, 6.45) is 23.1. The zero-order valence-electron chi connectivity index (χ0n) is 24.6. The van der Waals surface area contributed by atoms with Gasteiger partial charge in [0.15, 0.2) is 0 Å². The number of methoxy groups -OCH3 is 1. The van der Waals surface area contributed by atoms with E-state index in [9.17, 15) is 9.59 Å². The molecule has 1 aromatic rings. The predicted molar refractivity (Wildman–Crippen MR) is 161 cm³/mol. The zero-order valence-corrected chi connectivity index (χ0v) is 25.4. The van der Waals surface area contributed by atoms with Crippen LogP contribution < -0.4 is 10.6 Å². The van der Waals surface area contributed by atoms with E-state index in [4.69, 9.17) is 4.74 Å². The number of alkyl carbamates (subject to hydrolysis) is 2. The molecular weight excluding hydrogens is 510 g/mol. The van der Waals surface area contributed by atoms with Crippen molar-refractivity contribution >= 4 is 23.9 Å². The zero-order chi connectivity index (χ0) is 28.0. The van der Waals surface area contributed by atoms with Crippen LogP contribution in [0.4, 0.5) is 9.59 Å². The topological polar surface area (TPSA) is 89.5 Å². The molecule has 1 aromatic heterocycles. The lowest BCUT2D eigenvalue weighted by Gasteiger charge is -2.41. The van der Waals surface area contributed by atoms with E-state index in [-0.39, 0.29) is 17.4 Å². The van der Waals surface area contributed by atoms with E-state index in [1.807, 2.05) is 12.1 Å². The molecule has 2 N–H and O–H groups in total. The van der Waals surface area contributed by atoms with E-state index >= 15 is 0 Å². The van der Waals surface area contributed by atoms with Crippen molar-refractivity contribution in [2.75, 3.05) is 26.0 Å². The number of aromatic nitrogens is 1. The summed E-state index contributed by atoms with van der Waals surface area (Å²) in [5.74, 6) is 1.00. The molecule has 2 rings (SSSR count). The molecule has 1 aliphatic rings. The van der Waals surface area contributed by atoms with Crippen LogP contribution in [0.5, 0.6) is 0 Å². The second-order valence-electron chi connectivity index (χ2n) is 10.7. The van der Waals surface area contributed by atoms with Crippen molar-refractivity contribution in [2.45, 2.75) is 127 Å². The van der Waals surface area contributed by atoms with Gasteiger partial charge in [0.2, 0.25) is 0 Å². The second-order valence-corrected chi connectivity index (χ2v) is 12.2. The Morgan fingerprint density at radius 1 is 0.872 bits per heavy atom. The van der Waals surface area contributed by atoms with Gasteiger partial charge in [-0.1, -0.05) is 109 Å². The van der Waals surface area contributed by atoms with E-state index in [1.54, 1.807) is 18.0 Å². The third kappa shape index (κ3) is 13.8. The summed E-state index contributed by atoms with van der Waals surface area (Å²) in [7, 11) is 1.34. The van der Waals surface area contributed by atoms with Crippen molar-refractivity contribution in [2.24, 2.45) is 0 Å². The van der Waals surface area contributed by atoms with Gasteiger partial charge >= 0.3 is 12.2 Å². The molecule has 0 bridgehead atoms. The van der Waals surface area contributed by atoms with Crippen LogP contribution in [0.1, 0.15) is 127 Å². The fourth-order valence-electron chi connectivity index (χ4n) is 5.07. The molecule has 39 heavy (non-hydrogen) atoms. The number of unbranched alkanes of at least 4 members (excludes halogenated alkanes) is 15. The maximum Gasteiger partial charge on any atom is 0.407 e. The molecule has 2 amide bonds.